The summed E-state index contributed by atoms with van der Waals surface area (Å²) in [7, 11) is 0. The molecule has 0 aromatic rings. The Morgan fingerprint density at radius 1 is 1.14 bits per heavy atom. The van der Waals surface area contributed by atoms with Crippen molar-refractivity contribution in [2.45, 2.75) is 57.7 Å². The molecule has 120 valence electrons. The molecule has 1 amide bonds. The highest BCUT2D eigenvalue weighted by molar-refractivity contribution is 5.84. The van der Waals surface area contributed by atoms with E-state index in [0.29, 0.717) is 11.9 Å². The number of carbonyl (C=O) groups is 1. The number of nitrogens with zero attached hydrogens (tertiary/aromatic N) is 2. The maximum absolute atomic E-state index is 12.8. The van der Waals surface area contributed by atoms with Gasteiger partial charge in [0.2, 0.25) is 5.91 Å². The molecule has 0 radical (unpaired) electrons. The van der Waals surface area contributed by atoms with Gasteiger partial charge >= 0.3 is 0 Å². The molecule has 0 bridgehead atoms. The van der Waals surface area contributed by atoms with Gasteiger partial charge in [-0.3, -0.25) is 9.69 Å². The van der Waals surface area contributed by atoms with Crippen LogP contribution < -0.4 is 5.73 Å². The van der Waals surface area contributed by atoms with Crippen molar-refractivity contribution in [1.29, 1.82) is 0 Å². The number of hydrogen-bond donors (Lipinski definition) is 1. The summed E-state index contributed by atoms with van der Waals surface area (Å²) in [4.78, 5) is 17.3. The molecule has 2 N–H and O–H groups in total. The van der Waals surface area contributed by atoms with Crippen LogP contribution >= 0.6 is 0 Å². The van der Waals surface area contributed by atoms with Crippen molar-refractivity contribution >= 4 is 5.91 Å². The van der Waals surface area contributed by atoms with Gasteiger partial charge in [-0.25, -0.2) is 0 Å². The average Bonchev–Trinajstić information content (AvgIpc) is 2.85. The second-order valence-corrected chi connectivity index (χ2v) is 7.53. The van der Waals surface area contributed by atoms with E-state index in [1.54, 1.807) is 0 Å². The first kappa shape index (κ1) is 15.3. The van der Waals surface area contributed by atoms with E-state index in [9.17, 15) is 4.79 Å². The number of carbonyl (C=O) groups excluding carboxylic acids is 1. The number of nitrogens with two attached hydrogens (primary N) is 1. The zero-order valence-electron chi connectivity index (χ0n) is 13.4. The van der Waals surface area contributed by atoms with E-state index in [4.69, 9.17) is 10.5 Å². The average molecular weight is 295 g/mol. The molecule has 3 heterocycles. The van der Waals surface area contributed by atoms with E-state index in [1.165, 1.54) is 0 Å². The van der Waals surface area contributed by atoms with Gasteiger partial charge in [-0.1, -0.05) is 13.8 Å². The lowest BCUT2D eigenvalue weighted by atomic mass is 9.79. The fraction of sp³-hybridized carbons (Fsp3) is 0.938. The second-order valence-electron chi connectivity index (χ2n) is 7.53. The van der Waals surface area contributed by atoms with Crippen molar-refractivity contribution in [3.8, 4) is 0 Å². The summed E-state index contributed by atoms with van der Waals surface area (Å²) in [6.45, 7) is 8.85. The molecular formula is C16H29N3O2. The van der Waals surface area contributed by atoms with Crippen molar-refractivity contribution in [3.63, 3.8) is 0 Å². The highest BCUT2D eigenvalue weighted by atomic mass is 16.5. The topological polar surface area (TPSA) is 58.8 Å². The van der Waals surface area contributed by atoms with Crippen molar-refractivity contribution in [2.24, 2.45) is 11.1 Å². The van der Waals surface area contributed by atoms with E-state index in [2.05, 4.69) is 23.6 Å². The Balaban J connectivity index is 1.63. The summed E-state index contributed by atoms with van der Waals surface area (Å²) in [6.07, 6.45) is 3.96. The predicted octanol–water partition coefficient (Wildman–Crippen LogP) is 0.826. The molecular weight excluding hydrogens is 266 g/mol. The zero-order valence-corrected chi connectivity index (χ0v) is 13.4. The Bertz CT molecular complexity index is 393. The van der Waals surface area contributed by atoms with Gasteiger partial charge in [-0.15, -0.1) is 0 Å². The predicted molar refractivity (Wildman–Crippen MR) is 81.9 cm³/mol. The number of hydrogen-bond acceptors (Lipinski definition) is 4. The van der Waals surface area contributed by atoms with Crippen LogP contribution in [0.1, 0.15) is 39.5 Å². The summed E-state index contributed by atoms with van der Waals surface area (Å²) < 4.78 is 5.41. The zero-order chi connectivity index (χ0) is 15.0. The molecule has 3 fully saturated rings. The Labute approximate surface area is 127 Å². The molecule has 3 saturated heterocycles. The molecule has 0 spiro atoms. The molecule has 3 aliphatic heterocycles. The van der Waals surface area contributed by atoms with Gasteiger partial charge in [0.15, 0.2) is 0 Å². The van der Waals surface area contributed by atoms with Crippen LogP contribution in [-0.4, -0.2) is 66.7 Å². The molecule has 0 saturated carbocycles. The highest BCUT2D eigenvalue weighted by Gasteiger charge is 2.43. The van der Waals surface area contributed by atoms with Crippen LogP contribution in [0.25, 0.3) is 0 Å². The van der Waals surface area contributed by atoms with Crippen LogP contribution in [0.5, 0.6) is 0 Å². The minimum Gasteiger partial charge on any atom is -0.381 e. The van der Waals surface area contributed by atoms with Crippen molar-refractivity contribution < 1.29 is 9.53 Å². The first-order valence-electron chi connectivity index (χ1n) is 8.37. The molecule has 0 aliphatic carbocycles. The Hall–Kier alpha value is -0.650. The number of likely N-dealkylation sites (tertiary alicyclic amines) is 2. The second kappa shape index (κ2) is 5.86. The maximum atomic E-state index is 12.8. The molecule has 21 heavy (non-hydrogen) atoms. The molecule has 3 aliphatic rings. The largest absolute Gasteiger partial charge is 0.381 e. The molecule has 2 atom stereocenters. The number of rotatable bonds is 2. The van der Waals surface area contributed by atoms with Crippen LogP contribution in [-0.2, 0) is 9.53 Å². The van der Waals surface area contributed by atoms with E-state index < -0.39 is 0 Å². The summed E-state index contributed by atoms with van der Waals surface area (Å²) in [5, 5.41) is 0. The fourth-order valence-electron chi connectivity index (χ4n) is 4.07. The Morgan fingerprint density at radius 2 is 1.86 bits per heavy atom. The molecule has 0 aromatic carbocycles. The summed E-state index contributed by atoms with van der Waals surface area (Å²) in [5.74, 6) is 0.341. The van der Waals surface area contributed by atoms with Crippen LogP contribution in [0.2, 0.25) is 0 Å². The van der Waals surface area contributed by atoms with E-state index in [-0.39, 0.29) is 17.5 Å². The third-order valence-electron chi connectivity index (χ3n) is 5.63. The fourth-order valence-corrected chi connectivity index (χ4v) is 4.07. The monoisotopic (exact) mass is 295 g/mol. The van der Waals surface area contributed by atoms with E-state index >= 15 is 0 Å². The van der Waals surface area contributed by atoms with E-state index in [0.717, 1.165) is 58.5 Å². The lowest BCUT2D eigenvalue weighted by Crippen LogP contribution is -2.57. The van der Waals surface area contributed by atoms with Crippen LogP contribution in [0.15, 0.2) is 0 Å². The number of piperidine rings is 1. The first-order valence-corrected chi connectivity index (χ1v) is 8.37. The SMILES string of the molecule is CC1(C)CN(C2CCN(C3CCOCC3)C2=O)CCC1N. The smallest absolute Gasteiger partial charge is 0.240 e. The van der Waals surface area contributed by atoms with Gasteiger partial charge in [-0.2, -0.15) is 0 Å². The van der Waals surface area contributed by atoms with Crippen molar-refractivity contribution in [1.82, 2.24) is 9.80 Å². The van der Waals surface area contributed by atoms with Crippen molar-refractivity contribution in [3.05, 3.63) is 0 Å². The normalized spacial score (nSPS) is 35.4. The number of ether oxygens (including phenoxy) is 1. The first-order chi connectivity index (χ1) is 9.99. The quantitative estimate of drug-likeness (QED) is 0.819. The lowest BCUT2D eigenvalue weighted by Gasteiger charge is -2.44. The minimum atomic E-state index is 0.0830. The minimum absolute atomic E-state index is 0.0830. The van der Waals surface area contributed by atoms with Gasteiger partial charge < -0.3 is 15.4 Å². The van der Waals surface area contributed by atoms with Gasteiger partial charge in [-0.05, 0) is 31.1 Å². The van der Waals surface area contributed by atoms with Crippen molar-refractivity contribution in [2.75, 3.05) is 32.8 Å². The standard InChI is InChI=1S/C16H29N3O2/c1-16(2)11-18(7-4-14(16)17)13-3-8-19(15(13)20)12-5-9-21-10-6-12/h12-14H,3-11,17H2,1-2H3. The van der Waals surface area contributed by atoms with Crippen LogP contribution in [0.3, 0.4) is 0 Å². The molecule has 2 unspecified atom stereocenters. The van der Waals surface area contributed by atoms with Gasteiger partial charge in [0.05, 0.1) is 6.04 Å². The van der Waals surface area contributed by atoms with Gasteiger partial charge in [0.1, 0.15) is 0 Å². The molecule has 5 nitrogen and oxygen atoms in total. The summed E-state index contributed by atoms with van der Waals surface area (Å²) in [5.41, 5.74) is 6.32. The highest BCUT2D eigenvalue weighted by Crippen LogP contribution is 2.32. The molecule has 0 aromatic heterocycles. The summed E-state index contributed by atoms with van der Waals surface area (Å²) >= 11 is 0. The Kier molecular flexibility index (Phi) is 4.26. The molecule has 5 heteroatoms. The van der Waals surface area contributed by atoms with Gasteiger partial charge in [0.25, 0.3) is 0 Å². The van der Waals surface area contributed by atoms with Gasteiger partial charge in [0, 0.05) is 44.9 Å². The van der Waals surface area contributed by atoms with Crippen LogP contribution in [0.4, 0.5) is 0 Å². The molecule has 3 rings (SSSR count). The third-order valence-corrected chi connectivity index (χ3v) is 5.63. The number of amides is 1. The summed E-state index contributed by atoms with van der Waals surface area (Å²) in [6, 6.07) is 0.729. The third kappa shape index (κ3) is 2.96. The Morgan fingerprint density at radius 3 is 2.52 bits per heavy atom. The van der Waals surface area contributed by atoms with Crippen LogP contribution in [0, 0.1) is 5.41 Å². The maximum Gasteiger partial charge on any atom is 0.240 e. The lowest BCUT2D eigenvalue weighted by molar-refractivity contribution is -0.136. The van der Waals surface area contributed by atoms with E-state index in [1.807, 2.05) is 0 Å².